The van der Waals surface area contributed by atoms with E-state index in [4.69, 9.17) is 0 Å². The first-order valence-corrected chi connectivity index (χ1v) is 6.36. The number of thioether (sulfide) groups is 1. The highest BCUT2D eigenvalue weighted by Gasteiger charge is 1.99. The van der Waals surface area contributed by atoms with Gasteiger partial charge < -0.3 is 4.90 Å². The zero-order valence-corrected chi connectivity index (χ0v) is 11.0. The average Bonchev–Trinajstić information content (AvgIpc) is 2.16. The molecular formula is C13H21NS. The lowest BCUT2D eigenvalue weighted by Crippen LogP contribution is -2.14. The summed E-state index contributed by atoms with van der Waals surface area (Å²) >= 11 is 1.92. The van der Waals surface area contributed by atoms with Crippen LogP contribution in [0.1, 0.15) is 19.4 Å². The smallest absolute Gasteiger partial charge is 0.00747 e. The predicted molar refractivity (Wildman–Crippen MR) is 69.7 cm³/mol. The molecule has 0 fully saturated rings. The van der Waals surface area contributed by atoms with Gasteiger partial charge in [-0.3, -0.25) is 0 Å². The lowest BCUT2D eigenvalue weighted by molar-refractivity contribution is 0.413. The fourth-order valence-corrected chi connectivity index (χ4v) is 2.20. The number of hydrogen-bond acceptors (Lipinski definition) is 2. The van der Waals surface area contributed by atoms with Crippen molar-refractivity contribution < 1.29 is 0 Å². The summed E-state index contributed by atoms with van der Waals surface area (Å²) in [7, 11) is 4.23. The van der Waals surface area contributed by atoms with Crippen LogP contribution in [-0.2, 0) is 6.42 Å². The summed E-state index contributed by atoms with van der Waals surface area (Å²) < 4.78 is 0. The van der Waals surface area contributed by atoms with E-state index < -0.39 is 0 Å². The second kappa shape index (κ2) is 6.19. The van der Waals surface area contributed by atoms with E-state index in [1.165, 1.54) is 10.5 Å². The maximum atomic E-state index is 2.24. The first-order chi connectivity index (χ1) is 7.08. The topological polar surface area (TPSA) is 3.24 Å². The predicted octanol–water partition coefficient (Wildman–Crippen LogP) is 3.29. The molecule has 0 aliphatic heterocycles. The third-order valence-corrected chi connectivity index (χ3v) is 3.16. The number of benzene rings is 1. The second-order valence-corrected chi connectivity index (χ2v) is 6.01. The van der Waals surface area contributed by atoms with Crippen molar-refractivity contribution in [2.24, 2.45) is 0 Å². The minimum atomic E-state index is 0.664. The van der Waals surface area contributed by atoms with Gasteiger partial charge in [0.25, 0.3) is 0 Å². The lowest BCUT2D eigenvalue weighted by Gasteiger charge is -2.10. The van der Waals surface area contributed by atoms with Gasteiger partial charge in [-0.1, -0.05) is 26.0 Å². The van der Waals surface area contributed by atoms with E-state index in [9.17, 15) is 0 Å². The Bertz CT molecular complexity index is 277. The Morgan fingerprint density at radius 1 is 1.13 bits per heavy atom. The number of rotatable bonds is 5. The molecule has 0 aliphatic rings. The molecule has 1 nitrogen and oxygen atoms in total. The Labute approximate surface area is 97.9 Å². The summed E-state index contributed by atoms with van der Waals surface area (Å²) in [4.78, 5) is 3.59. The van der Waals surface area contributed by atoms with Crippen LogP contribution in [0.2, 0.25) is 0 Å². The largest absolute Gasteiger partial charge is 0.309 e. The molecule has 0 aliphatic carbocycles. The van der Waals surface area contributed by atoms with Crippen molar-refractivity contribution in [1.82, 2.24) is 4.90 Å². The minimum absolute atomic E-state index is 0.664. The third-order valence-electron chi connectivity index (χ3n) is 2.14. The van der Waals surface area contributed by atoms with Gasteiger partial charge in [-0.15, -0.1) is 11.8 Å². The van der Waals surface area contributed by atoms with Crippen molar-refractivity contribution >= 4 is 11.8 Å². The van der Waals surface area contributed by atoms with Gasteiger partial charge in [0, 0.05) is 16.7 Å². The van der Waals surface area contributed by atoms with Crippen molar-refractivity contribution in [2.75, 3.05) is 20.6 Å². The Hall–Kier alpha value is -0.470. The van der Waals surface area contributed by atoms with E-state index >= 15 is 0 Å². The van der Waals surface area contributed by atoms with E-state index in [0.29, 0.717) is 5.25 Å². The summed E-state index contributed by atoms with van der Waals surface area (Å²) in [6.45, 7) is 5.58. The monoisotopic (exact) mass is 223 g/mol. The van der Waals surface area contributed by atoms with Gasteiger partial charge in [-0.25, -0.2) is 0 Å². The molecule has 0 amide bonds. The highest BCUT2D eigenvalue weighted by Crippen LogP contribution is 2.22. The summed E-state index contributed by atoms with van der Waals surface area (Å²) in [6.07, 6.45) is 1.14. The highest BCUT2D eigenvalue weighted by molar-refractivity contribution is 7.99. The van der Waals surface area contributed by atoms with Crippen molar-refractivity contribution in [2.45, 2.75) is 30.4 Å². The van der Waals surface area contributed by atoms with Crippen molar-refractivity contribution in [3.63, 3.8) is 0 Å². The molecule has 2 heteroatoms. The molecule has 0 bridgehead atoms. The molecule has 0 unspecified atom stereocenters. The van der Waals surface area contributed by atoms with Crippen LogP contribution in [0.5, 0.6) is 0 Å². The first-order valence-electron chi connectivity index (χ1n) is 5.48. The number of nitrogens with zero attached hydrogens (tertiary/aromatic N) is 1. The molecule has 15 heavy (non-hydrogen) atoms. The van der Waals surface area contributed by atoms with Crippen LogP contribution in [0, 0.1) is 0 Å². The van der Waals surface area contributed by atoms with Gasteiger partial charge in [-0.2, -0.15) is 0 Å². The van der Waals surface area contributed by atoms with Crippen molar-refractivity contribution in [3.8, 4) is 0 Å². The molecule has 0 radical (unpaired) electrons. The van der Waals surface area contributed by atoms with Crippen LogP contribution in [0.25, 0.3) is 0 Å². The van der Waals surface area contributed by atoms with Crippen molar-refractivity contribution in [3.05, 3.63) is 29.8 Å². The molecule has 0 heterocycles. The summed E-state index contributed by atoms with van der Waals surface area (Å²) in [5.41, 5.74) is 1.43. The van der Waals surface area contributed by atoms with Gasteiger partial charge >= 0.3 is 0 Å². The molecular weight excluding hydrogens is 202 g/mol. The molecule has 0 spiro atoms. The summed E-state index contributed by atoms with van der Waals surface area (Å²) in [5, 5.41) is 0.664. The Morgan fingerprint density at radius 3 is 2.20 bits per heavy atom. The zero-order chi connectivity index (χ0) is 11.3. The molecule has 1 aromatic carbocycles. The molecule has 1 rings (SSSR count). The molecule has 84 valence electrons. The Morgan fingerprint density at radius 2 is 1.73 bits per heavy atom. The number of likely N-dealkylation sites (N-methyl/N-ethyl adjacent to an activating group) is 1. The van der Waals surface area contributed by atoms with E-state index in [0.717, 1.165) is 13.0 Å². The van der Waals surface area contributed by atoms with E-state index in [-0.39, 0.29) is 0 Å². The quantitative estimate of drug-likeness (QED) is 0.705. The SMILES string of the molecule is CC(C)Sc1ccc(CCN(C)C)cc1. The molecule has 0 saturated heterocycles. The fraction of sp³-hybridized carbons (Fsp3) is 0.538. The lowest BCUT2D eigenvalue weighted by atomic mass is 10.1. The van der Waals surface area contributed by atoms with Crippen LogP contribution < -0.4 is 0 Å². The maximum Gasteiger partial charge on any atom is 0.00747 e. The van der Waals surface area contributed by atoms with Gasteiger partial charge in [0.1, 0.15) is 0 Å². The Kier molecular flexibility index (Phi) is 5.20. The van der Waals surface area contributed by atoms with Gasteiger partial charge in [-0.05, 0) is 38.2 Å². The van der Waals surface area contributed by atoms with Crippen LogP contribution >= 0.6 is 11.8 Å². The molecule has 0 atom stereocenters. The van der Waals surface area contributed by atoms with Crippen LogP contribution in [-0.4, -0.2) is 30.8 Å². The van der Waals surface area contributed by atoms with Crippen molar-refractivity contribution in [1.29, 1.82) is 0 Å². The maximum absolute atomic E-state index is 2.24. The average molecular weight is 223 g/mol. The molecule has 0 saturated carbocycles. The normalized spacial score (nSPS) is 11.3. The van der Waals surface area contributed by atoms with Crippen LogP contribution in [0.15, 0.2) is 29.2 Å². The molecule has 0 N–H and O–H groups in total. The molecule has 1 aromatic rings. The van der Waals surface area contributed by atoms with E-state index in [1.807, 2.05) is 11.8 Å². The van der Waals surface area contributed by atoms with Gasteiger partial charge in [0.15, 0.2) is 0 Å². The first kappa shape index (κ1) is 12.6. The third kappa shape index (κ3) is 5.24. The Balaban J connectivity index is 2.49. The van der Waals surface area contributed by atoms with Gasteiger partial charge in [0.05, 0.1) is 0 Å². The highest BCUT2D eigenvalue weighted by atomic mass is 32.2. The second-order valence-electron chi connectivity index (χ2n) is 4.36. The summed E-state index contributed by atoms with van der Waals surface area (Å²) in [6, 6.07) is 8.95. The zero-order valence-electron chi connectivity index (χ0n) is 10.2. The molecule has 0 aromatic heterocycles. The van der Waals surface area contributed by atoms with Crippen LogP contribution in [0.3, 0.4) is 0 Å². The fourth-order valence-electron chi connectivity index (χ4n) is 1.36. The van der Waals surface area contributed by atoms with E-state index in [1.54, 1.807) is 0 Å². The van der Waals surface area contributed by atoms with E-state index in [2.05, 4.69) is 57.1 Å². The van der Waals surface area contributed by atoms with Crippen LogP contribution in [0.4, 0.5) is 0 Å². The standard InChI is InChI=1S/C13H21NS/c1-11(2)15-13-7-5-12(6-8-13)9-10-14(3)4/h5-8,11H,9-10H2,1-4H3. The number of hydrogen-bond donors (Lipinski definition) is 0. The van der Waals surface area contributed by atoms with Gasteiger partial charge in [0.2, 0.25) is 0 Å². The summed E-state index contributed by atoms with van der Waals surface area (Å²) in [5.74, 6) is 0. The minimum Gasteiger partial charge on any atom is -0.309 e.